The summed E-state index contributed by atoms with van der Waals surface area (Å²) in [6.07, 6.45) is 0. The van der Waals surface area contributed by atoms with Crippen LogP contribution in [-0.4, -0.2) is 19.4 Å². The average Bonchev–Trinajstić information content (AvgIpc) is 2.80. The van der Waals surface area contributed by atoms with Crippen molar-refractivity contribution in [2.75, 3.05) is 10.5 Å². The summed E-state index contributed by atoms with van der Waals surface area (Å²) in [6.45, 7) is 0. The Balaban J connectivity index is 1.75. The van der Waals surface area contributed by atoms with Gasteiger partial charge in [-0.05, 0) is 48.5 Å². The van der Waals surface area contributed by atoms with E-state index in [2.05, 4.69) is 30.9 Å². The summed E-state index contributed by atoms with van der Waals surface area (Å²) < 4.78 is 29.1. The molecule has 4 aromatic rings. The number of nitrogens with one attached hydrogen (secondary N) is 1. The van der Waals surface area contributed by atoms with E-state index in [4.69, 9.17) is 5.73 Å². The van der Waals surface area contributed by atoms with Gasteiger partial charge in [0.25, 0.3) is 15.9 Å². The lowest BCUT2D eigenvalue weighted by Gasteiger charge is -2.13. The fourth-order valence-electron chi connectivity index (χ4n) is 3.15. The van der Waals surface area contributed by atoms with Gasteiger partial charge < -0.3 is 10.8 Å². The molecule has 0 fully saturated rings. The van der Waals surface area contributed by atoms with E-state index in [1.807, 2.05) is 0 Å². The number of nitrogens with two attached hydrogens (primary N) is 1. The van der Waals surface area contributed by atoms with E-state index in [9.17, 15) is 18.3 Å². The molecule has 10 heteroatoms. The van der Waals surface area contributed by atoms with E-state index in [0.29, 0.717) is 16.5 Å². The highest BCUT2D eigenvalue weighted by Gasteiger charge is 2.18. The molecule has 166 valence electrons. The van der Waals surface area contributed by atoms with Crippen LogP contribution in [0.4, 0.5) is 17.1 Å². The maximum Gasteiger partial charge on any atom is 0.295 e. The van der Waals surface area contributed by atoms with Crippen LogP contribution in [0.2, 0.25) is 0 Å². The van der Waals surface area contributed by atoms with Crippen LogP contribution in [0.1, 0.15) is 10.4 Å². The SMILES string of the molecule is Nc1cccc(C(=O)N=Nc2cc(NS(=O)(=O)c3ccc(Br)cc3)c3ccccc3c2O)c1. The van der Waals surface area contributed by atoms with Gasteiger partial charge in [0.2, 0.25) is 0 Å². The normalized spacial score (nSPS) is 11.7. The number of phenols is 1. The van der Waals surface area contributed by atoms with Gasteiger partial charge in [-0.3, -0.25) is 9.52 Å². The highest BCUT2D eigenvalue weighted by atomic mass is 79.9. The predicted octanol–water partition coefficient (Wildman–Crippen LogP) is 5.62. The third-order valence-corrected chi connectivity index (χ3v) is 6.66. The minimum absolute atomic E-state index is 0.0582. The zero-order valence-electron chi connectivity index (χ0n) is 16.9. The zero-order chi connectivity index (χ0) is 23.6. The molecule has 0 spiro atoms. The van der Waals surface area contributed by atoms with Gasteiger partial charge in [-0.1, -0.05) is 46.3 Å². The molecule has 8 nitrogen and oxygen atoms in total. The summed E-state index contributed by atoms with van der Waals surface area (Å²) in [5, 5.41) is 19.0. The summed E-state index contributed by atoms with van der Waals surface area (Å²) in [7, 11) is -3.94. The number of halogens is 1. The number of hydrogen-bond donors (Lipinski definition) is 3. The fourth-order valence-corrected chi connectivity index (χ4v) is 4.49. The highest BCUT2D eigenvalue weighted by Crippen LogP contribution is 2.40. The van der Waals surface area contributed by atoms with Crippen molar-refractivity contribution >= 4 is 59.7 Å². The average molecular weight is 525 g/mol. The van der Waals surface area contributed by atoms with E-state index in [1.54, 1.807) is 48.5 Å². The molecule has 0 saturated heterocycles. The largest absolute Gasteiger partial charge is 0.505 e. The minimum Gasteiger partial charge on any atom is -0.505 e. The van der Waals surface area contributed by atoms with Crippen LogP contribution < -0.4 is 10.5 Å². The number of azo groups is 1. The first-order chi connectivity index (χ1) is 15.7. The van der Waals surface area contributed by atoms with E-state index in [0.717, 1.165) is 4.47 Å². The third-order valence-electron chi connectivity index (χ3n) is 4.75. The first-order valence-electron chi connectivity index (χ1n) is 9.59. The van der Waals surface area contributed by atoms with Crippen molar-refractivity contribution < 1.29 is 18.3 Å². The third kappa shape index (κ3) is 4.86. The lowest BCUT2D eigenvalue weighted by molar-refractivity contribution is 0.0995. The molecule has 0 aliphatic rings. The van der Waals surface area contributed by atoms with Crippen LogP contribution in [0, 0.1) is 0 Å². The second-order valence-electron chi connectivity index (χ2n) is 7.03. The van der Waals surface area contributed by atoms with E-state index in [1.165, 1.54) is 30.3 Å². The standard InChI is InChI=1S/C23H17BrN4O4S/c24-15-8-10-17(11-9-15)33(31,32)28-20-13-21(22(29)19-7-2-1-6-18(19)20)26-27-23(30)14-4-3-5-16(25)12-14/h1-13,28-29H,25H2. The molecule has 33 heavy (non-hydrogen) atoms. The number of benzene rings is 4. The van der Waals surface area contributed by atoms with Crippen LogP contribution in [0.3, 0.4) is 0 Å². The number of aromatic hydroxyl groups is 1. The molecule has 4 aromatic carbocycles. The van der Waals surface area contributed by atoms with Gasteiger partial charge in [-0.2, -0.15) is 0 Å². The van der Waals surface area contributed by atoms with Crippen LogP contribution in [0.15, 0.2) is 98.5 Å². The van der Waals surface area contributed by atoms with Gasteiger partial charge in [-0.25, -0.2) is 8.42 Å². The number of nitrogens with zero attached hydrogens (tertiary/aromatic N) is 2. The van der Waals surface area contributed by atoms with Gasteiger partial charge in [0.1, 0.15) is 5.69 Å². The van der Waals surface area contributed by atoms with Gasteiger partial charge >= 0.3 is 0 Å². The van der Waals surface area contributed by atoms with Crippen LogP contribution >= 0.6 is 15.9 Å². The van der Waals surface area contributed by atoms with Crippen LogP contribution in [0.5, 0.6) is 5.75 Å². The Kier molecular flexibility index (Phi) is 6.12. The maximum atomic E-state index is 12.9. The van der Waals surface area contributed by atoms with Crippen LogP contribution in [-0.2, 0) is 10.0 Å². The zero-order valence-corrected chi connectivity index (χ0v) is 19.3. The molecule has 0 aliphatic heterocycles. The Morgan fingerprint density at radius 3 is 2.33 bits per heavy atom. The van der Waals surface area contributed by atoms with E-state index < -0.39 is 15.9 Å². The van der Waals surface area contributed by atoms with Crippen molar-refractivity contribution in [3.8, 4) is 5.75 Å². The number of anilines is 2. The molecule has 4 rings (SSSR count). The quantitative estimate of drug-likeness (QED) is 0.177. The molecule has 0 aliphatic carbocycles. The van der Waals surface area contributed by atoms with Gasteiger partial charge in [0.05, 0.1) is 10.6 Å². The van der Waals surface area contributed by atoms with Crippen LogP contribution in [0.25, 0.3) is 10.8 Å². The second kappa shape index (κ2) is 9.00. The Morgan fingerprint density at radius 1 is 0.939 bits per heavy atom. The summed E-state index contributed by atoms with van der Waals surface area (Å²) in [6, 6.07) is 20.4. The minimum atomic E-state index is -3.94. The Morgan fingerprint density at radius 2 is 1.64 bits per heavy atom. The van der Waals surface area contributed by atoms with Crippen molar-refractivity contribution in [1.82, 2.24) is 0 Å². The summed E-state index contributed by atoms with van der Waals surface area (Å²) in [5.74, 6) is -0.895. The number of nitrogen functional groups attached to an aromatic ring is 1. The fraction of sp³-hybridized carbons (Fsp3) is 0. The number of amides is 1. The summed E-state index contributed by atoms with van der Waals surface area (Å²) >= 11 is 3.28. The number of hydrogen-bond acceptors (Lipinski definition) is 6. The van der Waals surface area contributed by atoms with E-state index >= 15 is 0 Å². The number of carbonyl (C=O) groups is 1. The molecule has 0 aromatic heterocycles. The van der Waals surface area contributed by atoms with Crippen molar-refractivity contribution in [3.05, 3.63) is 88.9 Å². The van der Waals surface area contributed by atoms with Crippen molar-refractivity contribution in [3.63, 3.8) is 0 Å². The number of rotatable bonds is 5. The van der Waals surface area contributed by atoms with E-state index in [-0.39, 0.29) is 27.6 Å². The number of sulfonamides is 1. The smallest absolute Gasteiger partial charge is 0.295 e. The Labute approximate surface area is 198 Å². The second-order valence-corrected chi connectivity index (χ2v) is 9.63. The molecule has 0 radical (unpaired) electrons. The molecule has 0 atom stereocenters. The number of carbonyl (C=O) groups excluding carboxylic acids is 1. The molecule has 0 bridgehead atoms. The number of phenolic OH excluding ortho intramolecular Hbond substituents is 1. The van der Waals surface area contributed by atoms with Gasteiger partial charge in [-0.15, -0.1) is 10.2 Å². The first kappa shape index (κ1) is 22.4. The van der Waals surface area contributed by atoms with Gasteiger partial charge in [0, 0.05) is 26.5 Å². The Hall–Kier alpha value is -3.76. The molecule has 0 unspecified atom stereocenters. The predicted molar refractivity (Wildman–Crippen MR) is 130 cm³/mol. The summed E-state index contributed by atoms with van der Waals surface area (Å²) in [5.41, 5.74) is 6.43. The molecular weight excluding hydrogens is 508 g/mol. The lowest BCUT2D eigenvalue weighted by Crippen LogP contribution is -2.13. The molecule has 1 amide bonds. The van der Waals surface area contributed by atoms with Gasteiger partial charge in [0.15, 0.2) is 5.75 Å². The summed E-state index contributed by atoms with van der Waals surface area (Å²) in [4.78, 5) is 12.4. The lowest BCUT2D eigenvalue weighted by atomic mass is 10.1. The highest BCUT2D eigenvalue weighted by molar-refractivity contribution is 9.10. The van der Waals surface area contributed by atoms with Crippen molar-refractivity contribution in [2.24, 2.45) is 10.2 Å². The van der Waals surface area contributed by atoms with Crippen molar-refractivity contribution in [1.29, 1.82) is 0 Å². The monoisotopic (exact) mass is 524 g/mol. The van der Waals surface area contributed by atoms with Crippen molar-refractivity contribution in [2.45, 2.75) is 4.90 Å². The molecule has 0 saturated carbocycles. The Bertz CT molecular complexity index is 1500. The first-order valence-corrected chi connectivity index (χ1v) is 11.9. The number of fused-ring (bicyclic) bond motifs is 1. The topological polar surface area (TPSA) is 134 Å². The molecule has 4 N–H and O–H groups in total. The molecule has 0 heterocycles. The molecular formula is C23H17BrN4O4S. The maximum absolute atomic E-state index is 12.9.